The van der Waals surface area contributed by atoms with Crippen LogP contribution in [0.4, 0.5) is 26.0 Å². The molecule has 3 N–H and O–H groups in total. The molecule has 0 saturated carbocycles. The molecule has 4 rings (SSSR count). The molecule has 136 valence electrons. The van der Waals surface area contributed by atoms with Crippen molar-refractivity contribution in [3.63, 3.8) is 0 Å². The van der Waals surface area contributed by atoms with Crippen LogP contribution in [0.2, 0.25) is 0 Å². The minimum Gasteiger partial charge on any atom is -0.472 e. The van der Waals surface area contributed by atoms with Crippen LogP contribution < -0.4 is 15.8 Å². The maximum Gasteiger partial charge on any atom is 0.258 e. The van der Waals surface area contributed by atoms with E-state index in [1.165, 1.54) is 6.07 Å². The minimum atomic E-state index is -0.952. The summed E-state index contributed by atoms with van der Waals surface area (Å²) >= 11 is 0. The lowest BCUT2D eigenvalue weighted by atomic mass is 10.1. The van der Waals surface area contributed by atoms with Gasteiger partial charge in [-0.3, -0.25) is 0 Å². The third-order valence-electron chi connectivity index (χ3n) is 4.24. The zero-order valence-corrected chi connectivity index (χ0v) is 13.8. The molecule has 0 atom stereocenters. The molecule has 0 radical (unpaired) electrons. The fourth-order valence-corrected chi connectivity index (χ4v) is 2.90. The Labute approximate surface area is 147 Å². The maximum atomic E-state index is 13.4. The van der Waals surface area contributed by atoms with E-state index in [0.717, 1.165) is 25.0 Å². The Morgan fingerprint density at radius 1 is 1.15 bits per heavy atom. The Balaban J connectivity index is 1.66. The number of nitrogens with one attached hydrogen (secondary N) is 1. The van der Waals surface area contributed by atoms with Crippen molar-refractivity contribution in [1.82, 2.24) is 4.98 Å². The average molecular weight is 361 g/mol. The molecule has 3 aromatic rings. The molecule has 0 aliphatic carbocycles. The molecule has 6 nitrogen and oxygen atoms in total. The molecule has 1 fully saturated rings. The van der Waals surface area contributed by atoms with Crippen molar-refractivity contribution in [2.24, 2.45) is 0 Å². The smallest absolute Gasteiger partial charge is 0.258 e. The van der Waals surface area contributed by atoms with Gasteiger partial charge >= 0.3 is 0 Å². The van der Waals surface area contributed by atoms with Crippen molar-refractivity contribution in [2.75, 3.05) is 24.3 Å². The third-order valence-corrected chi connectivity index (χ3v) is 4.24. The molecule has 0 amide bonds. The zero-order valence-electron chi connectivity index (χ0n) is 13.8. The predicted molar refractivity (Wildman–Crippen MR) is 92.5 cm³/mol. The van der Waals surface area contributed by atoms with Crippen LogP contribution in [0, 0.1) is 11.6 Å². The number of nitrogens with two attached hydrogens (primary N) is 1. The van der Waals surface area contributed by atoms with Crippen LogP contribution in [0.1, 0.15) is 12.8 Å². The molecule has 1 aromatic carbocycles. The van der Waals surface area contributed by atoms with Crippen LogP contribution in [0.25, 0.3) is 11.0 Å². The average Bonchev–Trinajstić information content (AvgIpc) is 2.96. The molecule has 8 heteroatoms. The molecule has 26 heavy (non-hydrogen) atoms. The van der Waals surface area contributed by atoms with Gasteiger partial charge in [0.1, 0.15) is 11.8 Å². The van der Waals surface area contributed by atoms with E-state index >= 15 is 0 Å². The number of furan rings is 1. The van der Waals surface area contributed by atoms with Gasteiger partial charge < -0.3 is 24.9 Å². The Morgan fingerprint density at radius 3 is 2.73 bits per heavy atom. The van der Waals surface area contributed by atoms with E-state index in [-0.39, 0.29) is 12.0 Å². The summed E-state index contributed by atoms with van der Waals surface area (Å²) in [5, 5.41) is 3.61. The van der Waals surface area contributed by atoms with Crippen LogP contribution in [-0.2, 0) is 4.74 Å². The highest BCUT2D eigenvalue weighted by Gasteiger charge is 2.21. The quantitative estimate of drug-likeness (QED) is 0.731. The summed E-state index contributed by atoms with van der Waals surface area (Å²) in [6, 6.07) is 5.22. The van der Waals surface area contributed by atoms with E-state index in [2.05, 4.69) is 10.3 Å². The van der Waals surface area contributed by atoms with Gasteiger partial charge in [0.05, 0.1) is 18.6 Å². The number of pyridine rings is 1. The van der Waals surface area contributed by atoms with Crippen LogP contribution in [-0.4, -0.2) is 24.3 Å². The number of aromatic nitrogens is 1. The summed E-state index contributed by atoms with van der Waals surface area (Å²) in [7, 11) is 0. The van der Waals surface area contributed by atoms with Gasteiger partial charge in [0.2, 0.25) is 11.5 Å². The first kappa shape index (κ1) is 16.6. The van der Waals surface area contributed by atoms with Crippen LogP contribution in [0.5, 0.6) is 5.88 Å². The van der Waals surface area contributed by atoms with Crippen molar-refractivity contribution in [1.29, 1.82) is 0 Å². The van der Waals surface area contributed by atoms with Gasteiger partial charge in [0, 0.05) is 30.8 Å². The summed E-state index contributed by atoms with van der Waals surface area (Å²) in [6.45, 7) is 1.29. The van der Waals surface area contributed by atoms with E-state index in [0.29, 0.717) is 41.4 Å². The number of ether oxygens (including phenoxy) is 2. The lowest BCUT2D eigenvalue weighted by Crippen LogP contribution is -2.26. The number of halogens is 2. The van der Waals surface area contributed by atoms with Crippen LogP contribution in [0.15, 0.2) is 34.9 Å². The summed E-state index contributed by atoms with van der Waals surface area (Å²) in [6.07, 6.45) is 3.13. The lowest BCUT2D eigenvalue weighted by molar-refractivity contribution is 0.0240. The van der Waals surface area contributed by atoms with Gasteiger partial charge in [0.25, 0.3) is 5.88 Å². The van der Waals surface area contributed by atoms with E-state index in [4.69, 9.17) is 19.6 Å². The van der Waals surface area contributed by atoms with Crippen LogP contribution in [0.3, 0.4) is 0 Å². The Hall–Kier alpha value is -2.87. The number of nitrogen functional groups attached to an aromatic ring is 1. The highest BCUT2D eigenvalue weighted by Crippen LogP contribution is 2.39. The highest BCUT2D eigenvalue weighted by molar-refractivity contribution is 6.00. The summed E-state index contributed by atoms with van der Waals surface area (Å²) in [5.74, 6) is -1.42. The van der Waals surface area contributed by atoms with Crippen molar-refractivity contribution in [3.8, 4) is 5.88 Å². The molecule has 3 heterocycles. The molecule has 1 saturated heterocycles. The minimum absolute atomic E-state index is 0.00391. The van der Waals surface area contributed by atoms with Gasteiger partial charge in [-0.15, -0.1) is 0 Å². The number of hydrogen-bond donors (Lipinski definition) is 2. The van der Waals surface area contributed by atoms with Crippen molar-refractivity contribution < 1.29 is 22.7 Å². The number of nitrogens with zero attached hydrogens (tertiary/aromatic N) is 1. The van der Waals surface area contributed by atoms with Gasteiger partial charge in [-0.2, -0.15) is 0 Å². The summed E-state index contributed by atoms with van der Waals surface area (Å²) in [5.41, 5.74) is 7.17. The SMILES string of the molecule is Nc1oc2c(OC3CCOCC3)nccc2c1Nc1ccc(F)c(F)c1. The molecular formula is C18H17F2N3O3. The number of anilines is 3. The largest absolute Gasteiger partial charge is 0.472 e. The Morgan fingerprint density at radius 2 is 1.96 bits per heavy atom. The molecule has 1 aliphatic heterocycles. The lowest BCUT2D eigenvalue weighted by Gasteiger charge is -2.22. The molecule has 0 spiro atoms. The van der Waals surface area contributed by atoms with E-state index in [1.54, 1.807) is 12.3 Å². The molecule has 2 aromatic heterocycles. The molecular weight excluding hydrogens is 344 g/mol. The molecule has 1 aliphatic rings. The van der Waals surface area contributed by atoms with Crippen LogP contribution >= 0.6 is 0 Å². The van der Waals surface area contributed by atoms with Gasteiger partial charge in [0.15, 0.2) is 11.6 Å². The first-order chi connectivity index (χ1) is 12.6. The van der Waals surface area contributed by atoms with Gasteiger partial charge in [-0.1, -0.05) is 0 Å². The first-order valence-corrected chi connectivity index (χ1v) is 8.25. The molecule has 0 unspecified atom stereocenters. The molecule has 0 bridgehead atoms. The second kappa shape index (κ2) is 6.80. The second-order valence-corrected chi connectivity index (χ2v) is 6.02. The number of rotatable bonds is 4. The van der Waals surface area contributed by atoms with Gasteiger partial charge in [-0.25, -0.2) is 13.8 Å². The van der Waals surface area contributed by atoms with Crippen molar-refractivity contribution in [2.45, 2.75) is 18.9 Å². The van der Waals surface area contributed by atoms with Gasteiger partial charge in [-0.05, 0) is 18.2 Å². The first-order valence-electron chi connectivity index (χ1n) is 8.25. The zero-order chi connectivity index (χ0) is 18.1. The standard InChI is InChI=1S/C18H17F2N3O3/c19-13-2-1-10(9-14(13)20)23-15-12-3-6-22-18(16(12)26-17(15)21)25-11-4-7-24-8-5-11/h1-3,6,9,11,23H,4-5,7-8,21H2. The van der Waals surface area contributed by atoms with Crippen molar-refractivity contribution in [3.05, 3.63) is 42.1 Å². The third kappa shape index (κ3) is 3.15. The number of fused-ring (bicyclic) bond motifs is 1. The Bertz CT molecular complexity index is 939. The normalized spacial score (nSPS) is 15.3. The number of hydrogen-bond acceptors (Lipinski definition) is 6. The van der Waals surface area contributed by atoms with E-state index < -0.39 is 11.6 Å². The maximum absolute atomic E-state index is 13.4. The fourth-order valence-electron chi connectivity index (χ4n) is 2.90. The number of benzene rings is 1. The Kier molecular flexibility index (Phi) is 4.34. The van der Waals surface area contributed by atoms with Crippen molar-refractivity contribution >= 4 is 28.2 Å². The summed E-state index contributed by atoms with van der Waals surface area (Å²) < 4.78 is 43.4. The van der Waals surface area contributed by atoms with E-state index in [9.17, 15) is 8.78 Å². The fraction of sp³-hybridized carbons (Fsp3) is 0.278. The topological polar surface area (TPSA) is 82.5 Å². The highest BCUT2D eigenvalue weighted by atomic mass is 19.2. The monoisotopic (exact) mass is 361 g/mol. The predicted octanol–water partition coefficient (Wildman–Crippen LogP) is 3.99. The summed E-state index contributed by atoms with van der Waals surface area (Å²) in [4.78, 5) is 4.24. The van der Waals surface area contributed by atoms with E-state index in [1.807, 2.05) is 0 Å². The second-order valence-electron chi connectivity index (χ2n) is 6.02.